The molecule has 1 aromatic heterocycles. The van der Waals surface area contributed by atoms with Crippen LogP contribution in [-0.2, 0) is 16.6 Å². The van der Waals surface area contributed by atoms with Crippen molar-refractivity contribution in [2.24, 2.45) is 0 Å². The van der Waals surface area contributed by atoms with Gasteiger partial charge in [-0.3, -0.25) is 4.72 Å². The molecule has 2 N–H and O–H groups in total. The summed E-state index contributed by atoms with van der Waals surface area (Å²) in [6.07, 6.45) is 0. The number of halogens is 1. The second-order valence-corrected chi connectivity index (χ2v) is 8.26. The summed E-state index contributed by atoms with van der Waals surface area (Å²) in [6, 6.07) is 6.92. The van der Waals surface area contributed by atoms with Gasteiger partial charge in [0.15, 0.2) is 0 Å². The van der Waals surface area contributed by atoms with Crippen molar-refractivity contribution >= 4 is 43.0 Å². The van der Waals surface area contributed by atoms with Crippen molar-refractivity contribution in [3.05, 3.63) is 44.1 Å². The lowest BCUT2D eigenvalue weighted by atomic mass is 10.2. The highest BCUT2D eigenvalue weighted by atomic mass is 79.9. The van der Waals surface area contributed by atoms with E-state index in [2.05, 4.69) is 20.7 Å². The Morgan fingerprint density at radius 1 is 1.30 bits per heavy atom. The molecule has 0 unspecified atom stereocenters. The molecule has 0 saturated heterocycles. The Labute approximate surface area is 130 Å². The maximum absolute atomic E-state index is 12.4. The fourth-order valence-electron chi connectivity index (χ4n) is 1.77. The summed E-state index contributed by atoms with van der Waals surface area (Å²) in [7, 11) is -3.64. The first-order valence-corrected chi connectivity index (χ1v) is 8.92. The van der Waals surface area contributed by atoms with E-state index in [4.69, 9.17) is 5.11 Å². The van der Waals surface area contributed by atoms with Crippen molar-refractivity contribution < 1.29 is 13.5 Å². The number of benzene rings is 1. The van der Waals surface area contributed by atoms with Gasteiger partial charge in [0, 0.05) is 14.2 Å². The van der Waals surface area contributed by atoms with Gasteiger partial charge in [-0.15, -0.1) is 11.3 Å². The van der Waals surface area contributed by atoms with Gasteiger partial charge in [0.1, 0.15) is 4.90 Å². The van der Waals surface area contributed by atoms with Crippen LogP contribution >= 0.6 is 27.3 Å². The van der Waals surface area contributed by atoms with Crippen LogP contribution in [0.4, 0.5) is 5.69 Å². The second kappa shape index (κ2) is 5.85. The summed E-state index contributed by atoms with van der Waals surface area (Å²) >= 11 is 4.60. The number of sulfonamides is 1. The third-order valence-electron chi connectivity index (χ3n) is 2.81. The van der Waals surface area contributed by atoms with E-state index >= 15 is 0 Å². The number of aryl methyl sites for hydroxylation is 2. The zero-order valence-electron chi connectivity index (χ0n) is 11.0. The zero-order chi connectivity index (χ0) is 14.9. The average molecular weight is 376 g/mol. The van der Waals surface area contributed by atoms with E-state index in [9.17, 15) is 8.42 Å². The summed E-state index contributed by atoms with van der Waals surface area (Å²) in [5.74, 6) is 0. The van der Waals surface area contributed by atoms with Crippen molar-refractivity contribution in [1.29, 1.82) is 0 Å². The molecule has 1 heterocycles. The molecule has 0 radical (unpaired) electrons. The standard InChI is InChI=1S/C13H14BrNO3S2/c1-8-3-4-10(14)5-12(8)15-20(17,18)13-6-11(7-16)19-9(13)2/h3-6,15-16H,7H2,1-2H3. The number of anilines is 1. The van der Waals surface area contributed by atoms with Crippen LogP contribution in [0.2, 0.25) is 0 Å². The maximum Gasteiger partial charge on any atom is 0.263 e. The second-order valence-electron chi connectivity index (χ2n) is 4.36. The minimum Gasteiger partial charge on any atom is -0.391 e. The lowest BCUT2D eigenvalue weighted by Crippen LogP contribution is -2.14. The van der Waals surface area contributed by atoms with E-state index in [0.717, 1.165) is 10.0 Å². The first kappa shape index (κ1) is 15.5. The summed E-state index contributed by atoms with van der Waals surface area (Å²) < 4.78 is 28.2. The molecular weight excluding hydrogens is 362 g/mol. The van der Waals surface area contributed by atoms with E-state index in [1.807, 2.05) is 19.1 Å². The molecule has 0 spiro atoms. The highest BCUT2D eigenvalue weighted by Gasteiger charge is 2.20. The van der Waals surface area contributed by atoms with Crippen molar-refractivity contribution in [2.45, 2.75) is 25.3 Å². The molecule has 0 amide bonds. The highest BCUT2D eigenvalue weighted by molar-refractivity contribution is 9.10. The van der Waals surface area contributed by atoms with Crippen molar-refractivity contribution in [3.63, 3.8) is 0 Å². The molecule has 4 nitrogen and oxygen atoms in total. The number of aliphatic hydroxyl groups excluding tert-OH is 1. The molecule has 2 aromatic rings. The fraction of sp³-hybridized carbons (Fsp3) is 0.231. The maximum atomic E-state index is 12.4. The van der Waals surface area contributed by atoms with Crippen molar-refractivity contribution in [2.75, 3.05) is 4.72 Å². The molecule has 108 valence electrons. The van der Waals surface area contributed by atoms with Crippen LogP contribution in [0.1, 0.15) is 15.3 Å². The fourth-order valence-corrected chi connectivity index (χ4v) is 4.75. The van der Waals surface area contributed by atoms with Crippen molar-refractivity contribution in [3.8, 4) is 0 Å². The van der Waals surface area contributed by atoms with E-state index in [-0.39, 0.29) is 11.5 Å². The number of rotatable bonds is 4. The molecule has 0 bridgehead atoms. The number of nitrogens with one attached hydrogen (secondary N) is 1. The van der Waals surface area contributed by atoms with Gasteiger partial charge in [-0.05, 0) is 37.6 Å². The normalized spacial score (nSPS) is 11.6. The minimum atomic E-state index is -3.64. The van der Waals surface area contributed by atoms with Gasteiger partial charge < -0.3 is 5.11 Å². The Kier molecular flexibility index (Phi) is 4.53. The van der Waals surface area contributed by atoms with Gasteiger partial charge in [-0.2, -0.15) is 0 Å². The molecule has 0 aliphatic carbocycles. The Balaban J connectivity index is 2.40. The van der Waals surface area contributed by atoms with Crippen LogP contribution in [0.3, 0.4) is 0 Å². The molecule has 0 aliphatic rings. The van der Waals surface area contributed by atoms with E-state index in [1.165, 1.54) is 17.4 Å². The molecule has 2 rings (SSSR count). The molecule has 0 saturated carbocycles. The predicted molar refractivity (Wildman–Crippen MR) is 84.7 cm³/mol. The molecule has 0 aliphatic heterocycles. The Morgan fingerprint density at radius 2 is 2.00 bits per heavy atom. The molecule has 0 atom stereocenters. The van der Waals surface area contributed by atoms with Gasteiger partial charge in [0.25, 0.3) is 10.0 Å². The quantitative estimate of drug-likeness (QED) is 0.859. The highest BCUT2D eigenvalue weighted by Crippen LogP contribution is 2.29. The van der Waals surface area contributed by atoms with Crippen LogP contribution in [0.15, 0.2) is 33.6 Å². The van der Waals surface area contributed by atoms with Gasteiger partial charge in [-0.25, -0.2) is 8.42 Å². The van der Waals surface area contributed by atoms with E-state index in [0.29, 0.717) is 15.4 Å². The molecule has 1 aromatic carbocycles. The van der Waals surface area contributed by atoms with Crippen LogP contribution in [0, 0.1) is 13.8 Å². The largest absolute Gasteiger partial charge is 0.391 e. The molecular formula is C13H14BrNO3S2. The Morgan fingerprint density at radius 3 is 2.60 bits per heavy atom. The summed E-state index contributed by atoms with van der Waals surface area (Å²) in [4.78, 5) is 1.51. The monoisotopic (exact) mass is 375 g/mol. The summed E-state index contributed by atoms with van der Waals surface area (Å²) in [5, 5.41) is 9.10. The van der Waals surface area contributed by atoms with Gasteiger partial charge in [0.2, 0.25) is 0 Å². The smallest absolute Gasteiger partial charge is 0.263 e. The van der Waals surface area contributed by atoms with Gasteiger partial charge >= 0.3 is 0 Å². The van der Waals surface area contributed by atoms with E-state index < -0.39 is 10.0 Å². The third kappa shape index (κ3) is 3.22. The van der Waals surface area contributed by atoms with Crippen LogP contribution in [0.25, 0.3) is 0 Å². The van der Waals surface area contributed by atoms with Crippen LogP contribution in [0.5, 0.6) is 0 Å². The summed E-state index contributed by atoms with van der Waals surface area (Å²) in [5.41, 5.74) is 1.38. The van der Waals surface area contributed by atoms with Crippen LogP contribution < -0.4 is 4.72 Å². The number of thiophene rings is 1. The first-order chi connectivity index (χ1) is 9.33. The third-order valence-corrected chi connectivity index (χ3v) is 5.96. The topological polar surface area (TPSA) is 66.4 Å². The van der Waals surface area contributed by atoms with Crippen molar-refractivity contribution in [1.82, 2.24) is 0 Å². The summed E-state index contributed by atoms with van der Waals surface area (Å²) in [6.45, 7) is 3.41. The minimum absolute atomic E-state index is 0.156. The number of hydrogen-bond donors (Lipinski definition) is 2. The average Bonchev–Trinajstić information content (AvgIpc) is 2.76. The molecule has 20 heavy (non-hydrogen) atoms. The SMILES string of the molecule is Cc1ccc(Br)cc1NS(=O)(=O)c1cc(CO)sc1C. The lowest BCUT2D eigenvalue weighted by Gasteiger charge is -2.10. The zero-order valence-corrected chi connectivity index (χ0v) is 14.2. The molecule has 7 heteroatoms. The molecule has 0 fully saturated rings. The van der Waals surface area contributed by atoms with Gasteiger partial charge in [-0.1, -0.05) is 22.0 Å². The Bertz CT molecular complexity index is 738. The number of aliphatic hydroxyl groups is 1. The Hall–Kier alpha value is -0.890. The van der Waals surface area contributed by atoms with E-state index in [1.54, 1.807) is 13.0 Å². The predicted octanol–water partition coefficient (Wildman–Crippen LogP) is 3.42. The lowest BCUT2D eigenvalue weighted by molar-refractivity contribution is 0.285. The van der Waals surface area contributed by atoms with Crippen LogP contribution in [-0.4, -0.2) is 13.5 Å². The number of hydrogen-bond acceptors (Lipinski definition) is 4. The van der Waals surface area contributed by atoms with Gasteiger partial charge in [0.05, 0.1) is 12.3 Å². The first-order valence-electron chi connectivity index (χ1n) is 5.82.